The van der Waals surface area contributed by atoms with Crippen molar-refractivity contribution in [3.63, 3.8) is 0 Å². The lowest BCUT2D eigenvalue weighted by Crippen LogP contribution is -2.23. The van der Waals surface area contributed by atoms with Crippen LogP contribution in [0.4, 0.5) is 4.79 Å². The average molecular weight is 463 g/mol. The summed E-state index contributed by atoms with van der Waals surface area (Å²) in [6, 6.07) is 8.36. The molecule has 31 heavy (non-hydrogen) atoms. The Balaban J connectivity index is 1.80. The van der Waals surface area contributed by atoms with Gasteiger partial charge in [0.2, 0.25) is 0 Å². The van der Waals surface area contributed by atoms with Crippen LogP contribution < -0.4 is 14.5 Å². The van der Waals surface area contributed by atoms with E-state index < -0.39 is 15.9 Å². The number of ether oxygens (including phenoxy) is 3. The second-order valence-electron chi connectivity index (χ2n) is 6.44. The summed E-state index contributed by atoms with van der Waals surface area (Å²) in [6.45, 7) is 1.53. The largest absolute Gasteiger partial charge is 0.514 e. The highest BCUT2D eigenvalue weighted by Gasteiger charge is 2.16. The Kier molecular flexibility index (Phi) is 7.45. The number of benzene rings is 1. The first kappa shape index (κ1) is 22.5. The Hall–Kier alpha value is -3.15. The van der Waals surface area contributed by atoms with E-state index in [2.05, 4.69) is 4.98 Å². The molecule has 0 bridgehead atoms. The van der Waals surface area contributed by atoms with E-state index in [0.717, 1.165) is 30.8 Å². The number of pyridine rings is 1. The first-order chi connectivity index (χ1) is 14.9. The lowest BCUT2D eigenvalue weighted by atomic mass is 10.1. The molecule has 0 radical (unpaired) electrons. The normalized spacial score (nSPS) is 10.6. The molecule has 0 saturated carbocycles. The molecule has 0 atom stereocenters. The lowest BCUT2D eigenvalue weighted by molar-refractivity contribution is -0.122. The predicted molar refractivity (Wildman–Crippen MR) is 114 cm³/mol. The van der Waals surface area contributed by atoms with Crippen LogP contribution in [-0.2, 0) is 27.3 Å². The van der Waals surface area contributed by atoms with Crippen molar-refractivity contribution in [1.82, 2.24) is 9.55 Å². The molecule has 11 heteroatoms. The molecule has 3 rings (SSSR count). The zero-order valence-electron chi connectivity index (χ0n) is 16.7. The standard InChI is InChI=1S/C20H18N2O7S2/c1-12-3-5-16(6-4-12)29-20(26)28-11-17-13(8-15(23)10-27-2)7-14(9-21-17)22-18(24)30-31-19(22)25/h3-7,9H,8,10-11H2,1-2H3. The van der Waals surface area contributed by atoms with Crippen LogP contribution in [0.1, 0.15) is 16.8 Å². The molecular formula is C20H18N2O7S2. The first-order valence-electron chi connectivity index (χ1n) is 8.99. The van der Waals surface area contributed by atoms with Gasteiger partial charge in [-0.2, -0.15) is 0 Å². The second kappa shape index (κ2) is 10.2. The topological polar surface area (TPSA) is 114 Å². The zero-order valence-corrected chi connectivity index (χ0v) is 18.3. The maximum absolute atomic E-state index is 12.1. The highest BCUT2D eigenvalue weighted by atomic mass is 32.9. The Labute approximate surface area is 183 Å². The molecule has 0 unspecified atom stereocenters. The van der Waals surface area contributed by atoms with Crippen LogP contribution in [0.5, 0.6) is 5.75 Å². The fourth-order valence-corrected chi connectivity index (χ4v) is 4.25. The number of carbonyl (C=O) groups is 2. The zero-order chi connectivity index (χ0) is 22.4. The van der Waals surface area contributed by atoms with Gasteiger partial charge in [0.25, 0.3) is 0 Å². The van der Waals surface area contributed by atoms with Crippen molar-refractivity contribution in [2.45, 2.75) is 20.0 Å². The number of Topliss-reactive ketones (excluding diaryl/α,β-unsaturated/α-hetero) is 1. The SMILES string of the molecule is COCC(=O)Cc1cc(-n2c(=O)ssc2=O)cnc1COC(=O)Oc1ccc(C)cc1. The van der Waals surface area contributed by atoms with Gasteiger partial charge >= 0.3 is 15.9 Å². The van der Waals surface area contributed by atoms with Crippen molar-refractivity contribution >= 4 is 32.6 Å². The van der Waals surface area contributed by atoms with Crippen LogP contribution in [0.15, 0.2) is 46.1 Å². The fraction of sp³-hybridized carbons (Fsp3) is 0.250. The predicted octanol–water partition coefficient (Wildman–Crippen LogP) is 2.50. The Morgan fingerprint density at radius 1 is 1.10 bits per heavy atom. The quantitative estimate of drug-likeness (QED) is 0.285. The number of nitrogens with zero attached hydrogens (tertiary/aromatic N) is 2. The third-order valence-corrected chi connectivity index (χ3v) is 5.93. The minimum Gasteiger partial charge on any atom is -0.427 e. The number of hydrogen-bond acceptors (Lipinski definition) is 10. The van der Waals surface area contributed by atoms with Crippen LogP contribution in [0, 0.1) is 6.92 Å². The lowest BCUT2D eigenvalue weighted by Gasteiger charge is -2.11. The smallest absolute Gasteiger partial charge is 0.427 e. The van der Waals surface area contributed by atoms with Crippen LogP contribution >= 0.6 is 20.7 Å². The van der Waals surface area contributed by atoms with Gasteiger partial charge in [-0.15, -0.1) is 0 Å². The third kappa shape index (κ3) is 5.94. The van der Waals surface area contributed by atoms with E-state index in [-0.39, 0.29) is 31.1 Å². The summed E-state index contributed by atoms with van der Waals surface area (Å²) >= 11 is 0. The Bertz CT molecular complexity index is 1170. The molecule has 3 aromatic rings. The molecule has 0 N–H and O–H groups in total. The maximum Gasteiger partial charge on any atom is 0.514 e. The number of methoxy groups -OCH3 is 1. The number of hydrogen-bond donors (Lipinski definition) is 0. The van der Waals surface area contributed by atoms with Gasteiger partial charge in [0.05, 0.1) is 17.6 Å². The molecule has 0 saturated heterocycles. The van der Waals surface area contributed by atoms with Gasteiger partial charge < -0.3 is 14.2 Å². The van der Waals surface area contributed by atoms with E-state index >= 15 is 0 Å². The van der Waals surface area contributed by atoms with Gasteiger partial charge in [0, 0.05) is 13.5 Å². The Morgan fingerprint density at radius 3 is 2.42 bits per heavy atom. The number of carbonyl (C=O) groups excluding carboxylic acids is 2. The van der Waals surface area contributed by atoms with Gasteiger partial charge in [0.1, 0.15) is 19.0 Å². The molecule has 0 amide bonds. The summed E-state index contributed by atoms with van der Waals surface area (Å²) in [4.78, 5) is 51.3. The summed E-state index contributed by atoms with van der Waals surface area (Å²) in [6.07, 6.45) is 0.314. The monoisotopic (exact) mass is 462 g/mol. The van der Waals surface area contributed by atoms with E-state index in [9.17, 15) is 19.2 Å². The van der Waals surface area contributed by atoms with Gasteiger partial charge in [-0.1, -0.05) is 17.7 Å². The van der Waals surface area contributed by atoms with Gasteiger partial charge in [-0.3, -0.25) is 19.4 Å². The molecule has 0 aliphatic rings. The van der Waals surface area contributed by atoms with Gasteiger partial charge in [0.15, 0.2) is 5.78 Å². The highest BCUT2D eigenvalue weighted by Crippen LogP contribution is 2.16. The molecule has 1 aromatic carbocycles. The van der Waals surface area contributed by atoms with Crippen molar-refractivity contribution in [3.8, 4) is 11.4 Å². The van der Waals surface area contributed by atoms with Crippen molar-refractivity contribution in [2.24, 2.45) is 0 Å². The molecule has 0 aliphatic heterocycles. The highest BCUT2D eigenvalue weighted by molar-refractivity contribution is 7.67. The summed E-state index contributed by atoms with van der Waals surface area (Å²) in [5.74, 6) is 0.0863. The van der Waals surface area contributed by atoms with Gasteiger partial charge in [-0.05, 0) is 51.4 Å². The molecule has 2 aromatic heterocycles. The van der Waals surface area contributed by atoms with Crippen molar-refractivity contribution in [3.05, 3.63) is 72.7 Å². The molecule has 2 heterocycles. The van der Waals surface area contributed by atoms with E-state index in [1.807, 2.05) is 6.92 Å². The van der Waals surface area contributed by atoms with Gasteiger partial charge in [-0.25, -0.2) is 9.36 Å². The summed E-state index contributed by atoms with van der Waals surface area (Å²) in [7, 11) is 3.02. The minimum absolute atomic E-state index is 0.0725. The van der Waals surface area contributed by atoms with Crippen LogP contribution in [0.2, 0.25) is 0 Å². The van der Waals surface area contributed by atoms with Crippen molar-refractivity contribution in [2.75, 3.05) is 13.7 Å². The third-order valence-electron chi connectivity index (χ3n) is 4.09. The van der Waals surface area contributed by atoms with Crippen LogP contribution in [0.25, 0.3) is 5.69 Å². The molecular weight excluding hydrogens is 444 g/mol. The second-order valence-corrected chi connectivity index (χ2v) is 8.47. The van der Waals surface area contributed by atoms with Crippen LogP contribution in [-0.4, -0.2) is 35.2 Å². The van der Waals surface area contributed by atoms with Crippen LogP contribution in [0.3, 0.4) is 0 Å². The summed E-state index contributed by atoms with van der Waals surface area (Å²) in [5.41, 5.74) is 1.96. The number of rotatable bonds is 8. The van der Waals surface area contributed by atoms with E-state index in [1.54, 1.807) is 24.3 Å². The first-order valence-corrected chi connectivity index (χ1v) is 11.1. The summed E-state index contributed by atoms with van der Waals surface area (Å²) < 4.78 is 16.1. The number of aryl methyl sites for hydroxylation is 1. The van der Waals surface area contributed by atoms with Crippen molar-refractivity contribution in [1.29, 1.82) is 0 Å². The van der Waals surface area contributed by atoms with E-state index in [4.69, 9.17) is 14.2 Å². The number of ketones is 1. The molecule has 162 valence electrons. The fourth-order valence-electron chi connectivity index (χ4n) is 2.65. The number of aromatic nitrogens is 2. The van der Waals surface area contributed by atoms with Crippen molar-refractivity contribution < 1.29 is 23.8 Å². The molecule has 9 nitrogen and oxygen atoms in total. The average Bonchev–Trinajstić information content (AvgIpc) is 3.07. The summed E-state index contributed by atoms with van der Waals surface area (Å²) in [5, 5.41) is 0. The Morgan fingerprint density at radius 2 is 1.77 bits per heavy atom. The maximum atomic E-state index is 12.1. The van der Waals surface area contributed by atoms with E-state index in [1.165, 1.54) is 19.4 Å². The molecule has 0 spiro atoms. The molecule has 0 aliphatic carbocycles. The minimum atomic E-state index is -0.929. The van der Waals surface area contributed by atoms with E-state index in [0.29, 0.717) is 17.0 Å². The molecule has 0 fully saturated rings.